The number of hydrogen-bond acceptors (Lipinski definition) is 6. The van der Waals surface area contributed by atoms with Crippen LogP contribution in [0.3, 0.4) is 0 Å². The molecule has 1 saturated heterocycles. The number of fused-ring (bicyclic) bond motifs is 2. The summed E-state index contributed by atoms with van der Waals surface area (Å²) in [6.07, 6.45) is 2.86. The zero-order chi connectivity index (χ0) is 32.7. The summed E-state index contributed by atoms with van der Waals surface area (Å²) in [5.74, 6) is 1.45. The molecule has 7 rings (SSSR count). The van der Waals surface area contributed by atoms with Gasteiger partial charge in [0.2, 0.25) is 0 Å². The first-order valence-electron chi connectivity index (χ1n) is 16.2. The molecular formula is C35H38F3N7O2. The Hall–Kier alpha value is -4.42. The number of likely N-dealkylation sites (N-methyl/N-ethyl adjacent to an activating group) is 1. The van der Waals surface area contributed by atoms with E-state index in [0.717, 1.165) is 66.5 Å². The summed E-state index contributed by atoms with van der Waals surface area (Å²) < 4.78 is 48.8. The molecule has 12 heteroatoms. The highest BCUT2D eigenvalue weighted by molar-refractivity contribution is 5.90. The van der Waals surface area contributed by atoms with Crippen LogP contribution in [0.4, 0.5) is 23.7 Å². The standard InChI is InChI=1S/C35H38F3N7O2/c1-3-22-20-45(34(46)41-26-8-7-24(29(16-26)35(36,37)38)19-44-13-11-43(4-2)12-14-44)21-25-15-27(18-40-32(22)25)47-31-9-10-39-33-28(31)17-30(42-33)23-5-6-23/h3,7-10,15-18,22-23H,1,4-6,11-14,19-21H2,2H3,(H,39,42)(H,41,46)/t22-/m1/s1. The third-order valence-electron chi connectivity index (χ3n) is 9.41. The summed E-state index contributed by atoms with van der Waals surface area (Å²) in [4.78, 5) is 31.9. The second-order valence-corrected chi connectivity index (χ2v) is 12.6. The largest absolute Gasteiger partial charge is 0.455 e. The molecule has 4 aromatic rings. The first kappa shape index (κ1) is 31.2. The molecule has 2 N–H and O–H groups in total. The van der Waals surface area contributed by atoms with Crippen LogP contribution in [-0.4, -0.2) is 75.0 Å². The lowest BCUT2D eigenvalue weighted by Crippen LogP contribution is -2.45. The number of anilines is 1. The SMILES string of the molecule is C=C[C@@H]1CN(C(=O)Nc2ccc(CN3CCN(CC)CC3)c(C(F)(F)F)c2)Cc2cc(Oc3ccnc4[nH]c(C5CC5)cc34)cnc21. The van der Waals surface area contributed by atoms with E-state index in [4.69, 9.17) is 4.74 Å². The highest BCUT2D eigenvalue weighted by Gasteiger charge is 2.35. The number of ether oxygens (including phenoxy) is 1. The minimum absolute atomic E-state index is 0.0943. The highest BCUT2D eigenvalue weighted by Crippen LogP contribution is 2.42. The van der Waals surface area contributed by atoms with Crippen molar-refractivity contribution in [3.8, 4) is 11.5 Å². The second kappa shape index (κ2) is 12.6. The summed E-state index contributed by atoms with van der Waals surface area (Å²) in [5, 5.41) is 3.59. The van der Waals surface area contributed by atoms with Crippen molar-refractivity contribution in [2.24, 2.45) is 0 Å². The Morgan fingerprint density at radius 1 is 1.11 bits per heavy atom. The fraction of sp³-hybridized carbons (Fsp3) is 0.400. The molecule has 1 aromatic carbocycles. The van der Waals surface area contributed by atoms with Crippen molar-refractivity contribution in [3.63, 3.8) is 0 Å². The van der Waals surface area contributed by atoms with Gasteiger partial charge in [0.1, 0.15) is 17.1 Å². The fourth-order valence-electron chi connectivity index (χ4n) is 6.57. The molecule has 2 fully saturated rings. The highest BCUT2D eigenvalue weighted by atomic mass is 19.4. The van der Waals surface area contributed by atoms with Crippen molar-refractivity contribution in [2.45, 2.75) is 50.9 Å². The van der Waals surface area contributed by atoms with E-state index in [0.29, 0.717) is 37.1 Å². The lowest BCUT2D eigenvalue weighted by Gasteiger charge is -2.34. The number of urea groups is 1. The number of aromatic amines is 1. The van der Waals surface area contributed by atoms with E-state index in [2.05, 4.69) is 44.7 Å². The molecule has 246 valence electrons. The molecule has 1 saturated carbocycles. The number of hydrogen-bond donors (Lipinski definition) is 2. The average molecular weight is 646 g/mol. The van der Waals surface area contributed by atoms with E-state index in [1.165, 1.54) is 6.07 Å². The lowest BCUT2D eigenvalue weighted by atomic mass is 9.95. The summed E-state index contributed by atoms with van der Waals surface area (Å²) in [7, 11) is 0. The molecule has 3 aromatic heterocycles. The average Bonchev–Trinajstić information content (AvgIpc) is 3.83. The number of carbonyl (C=O) groups is 1. The maximum atomic E-state index is 14.2. The number of benzene rings is 1. The molecule has 47 heavy (non-hydrogen) atoms. The number of nitrogens with zero attached hydrogens (tertiary/aromatic N) is 5. The van der Waals surface area contributed by atoms with Gasteiger partial charge in [-0.15, -0.1) is 6.58 Å². The van der Waals surface area contributed by atoms with Crippen LogP contribution in [0, 0.1) is 0 Å². The number of aromatic nitrogens is 3. The molecule has 9 nitrogen and oxygen atoms in total. The topological polar surface area (TPSA) is 89.6 Å². The number of piperazine rings is 1. The Morgan fingerprint density at radius 3 is 2.62 bits per heavy atom. The van der Waals surface area contributed by atoms with Crippen LogP contribution in [0.2, 0.25) is 0 Å². The molecule has 0 unspecified atom stereocenters. The van der Waals surface area contributed by atoms with E-state index in [1.54, 1.807) is 29.4 Å². The fourth-order valence-corrected chi connectivity index (χ4v) is 6.57. The van der Waals surface area contributed by atoms with Crippen LogP contribution in [0.15, 0.2) is 61.4 Å². The maximum Gasteiger partial charge on any atom is 0.416 e. The van der Waals surface area contributed by atoms with E-state index in [9.17, 15) is 18.0 Å². The summed E-state index contributed by atoms with van der Waals surface area (Å²) in [5.41, 5.74) is 3.05. The number of carbonyl (C=O) groups excluding carboxylic acids is 1. The van der Waals surface area contributed by atoms with Crippen molar-refractivity contribution in [3.05, 3.63) is 89.5 Å². The number of amides is 2. The van der Waals surface area contributed by atoms with Crippen molar-refractivity contribution in [1.29, 1.82) is 0 Å². The van der Waals surface area contributed by atoms with Crippen molar-refractivity contribution < 1.29 is 22.7 Å². The molecule has 0 radical (unpaired) electrons. The van der Waals surface area contributed by atoms with Crippen molar-refractivity contribution in [1.82, 2.24) is 29.7 Å². The Labute approximate surface area is 271 Å². The van der Waals surface area contributed by atoms with Gasteiger partial charge in [0.25, 0.3) is 0 Å². The molecule has 2 amide bonds. The molecule has 0 bridgehead atoms. The first-order chi connectivity index (χ1) is 22.7. The zero-order valence-electron chi connectivity index (χ0n) is 26.3. The lowest BCUT2D eigenvalue weighted by molar-refractivity contribution is -0.138. The van der Waals surface area contributed by atoms with Gasteiger partial charge in [0.05, 0.1) is 22.8 Å². The third-order valence-corrected chi connectivity index (χ3v) is 9.41. The van der Waals surface area contributed by atoms with Gasteiger partial charge in [-0.2, -0.15) is 13.2 Å². The Bertz CT molecular complexity index is 1790. The van der Waals surface area contributed by atoms with Gasteiger partial charge in [-0.1, -0.05) is 19.1 Å². The summed E-state index contributed by atoms with van der Waals surface area (Å²) in [6, 6.07) is 9.32. The predicted octanol–water partition coefficient (Wildman–Crippen LogP) is 7.10. The maximum absolute atomic E-state index is 14.2. The molecule has 1 atom stereocenters. The van der Waals surface area contributed by atoms with Crippen LogP contribution >= 0.6 is 0 Å². The van der Waals surface area contributed by atoms with Crippen LogP contribution in [0.25, 0.3) is 11.0 Å². The minimum Gasteiger partial charge on any atom is -0.455 e. The van der Waals surface area contributed by atoms with Crippen LogP contribution in [0.5, 0.6) is 11.5 Å². The van der Waals surface area contributed by atoms with Crippen molar-refractivity contribution >= 4 is 22.8 Å². The van der Waals surface area contributed by atoms with Crippen LogP contribution in [0.1, 0.15) is 59.7 Å². The number of pyridine rings is 2. The first-order valence-corrected chi connectivity index (χ1v) is 16.2. The zero-order valence-corrected chi connectivity index (χ0v) is 26.3. The van der Waals surface area contributed by atoms with Gasteiger partial charge in [-0.3, -0.25) is 9.88 Å². The van der Waals surface area contributed by atoms with Gasteiger partial charge in [-0.25, -0.2) is 9.78 Å². The Balaban J connectivity index is 1.07. The monoisotopic (exact) mass is 645 g/mol. The van der Waals surface area contributed by atoms with Crippen LogP contribution in [-0.2, 0) is 19.3 Å². The Kier molecular flexibility index (Phi) is 8.39. The normalized spacial score (nSPS) is 19.1. The molecule has 0 spiro atoms. The number of H-pyrrole nitrogens is 1. The van der Waals surface area contributed by atoms with E-state index in [-0.39, 0.29) is 30.3 Å². The number of nitrogens with one attached hydrogen (secondary N) is 2. The number of alkyl halides is 3. The van der Waals surface area contributed by atoms with Gasteiger partial charge < -0.3 is 24.8 Å². The second-order valence-electron chi connectivity index (χ2n) is 12.6. The molecular weight excluding hydrogens is 607 g/mol. The summed E-state index contributed by atoms with van der Waals surface area (Å²) >= 11 is 0. The molecule has 2 aliphatic heterocycles. The van der Waals surface area contributed by atoms with Crippen LogP contribution < -0.4 is 10.1 Å². The summed E-state index contributed by atoms with van der Waals surface area (Å²) in [6.45, 7) is 10.8. The minimum atomic E-state index is -4.55. The third kappa shape index (κ3) is 6.70. The molecule has 3 aliphatic rings. The number of rotatable bonds is 8. The van der Waals surface area contributed by atoms with E-state index < -0.39 is 17.8 Å². The smallest absolute Gasteiger partial charge is 0.416 e. The van der Waals surface area contributed by atoms with E-state index >= 15 is 0 Å². The van der Waals surface area contributed by atoms with Crippen molar-refractivity contribution in [2.75, 3.05) is 44.6 Å². The van der Waals surface area contributed by atoms with Gasteiger partial charge in [0, 0.05) is 69.3 Å². The van der Waals surface area contributed by atoms with E-state index in [1.807, 2.05) is 17.0 Å². The Morgan fingerprint density at radius 2 is 1.89 bits per heavy atom. The quantitative estimate of drug-likeness (QED) is 0.199. The molecule has 1 aliphatic carbocycles. The number of halogens is 3. The predicted molar refractivity (Wildman–Crippen MR) is 174 cm³/mol. The molecule has 5 heterocycles. The van der Waals surface area contributed by atoms with Gasteiger partial charge in [-0.05, 0) is 66.8 Å². The van der Waals surface area contributed by atoms with Gasteiger partial charge in [0.15, 0.2) is 0 Å². The van der Waals surface area contributed by atoms with Gasteiger partial charge >= 0.3 is 12.2 Å².